The lowest BCUT2D eigenvalue weighted by Gasteiger charge is -2.10. The van der Waals surface area contributed by atoms with Gasteiger partial charge in [-0.05, 0) is 42.0 Å². The van der Waals surface area contributed by atoms with Crippen molar-refractivity contribution in [3.63, 3.8) is 0 Å². The minimum atomic E-state index is -0.562. The molecule has 1 atom stereocenters. The van der Waals surface area contributed by atoms with E-state index in [1.807, 2.05) is 36.4 Å². The van der Waals surface area contributed by atoms with Crippen LogP contribution in [0.4, 0.5) is 5.69 Å². The lowest BCUT2D eigenvalue weighted by Crippen LogP contribution is -2.21. The molecular weight excluding hydrogens is 378 g/mol. The zero-order valence-electron chi connectivity index (χ0n) is 18.1. The summed E-state index contributed by atoms with van der Waals surface area (Å²) in [6.45, 7) is 6.02. The molecule has 5 nitrogen and oxygen atoms in total. The molecule has 0 fully saturated rings. The Kier molecular flexibility index (Phi) is 9.26. The molecule has 0 spiro atoms. The second kappa shape index (κ2) is 11.9. The van der Waals surface area contributed by atoms with Crippen molar-refractivity contribution in [3.8, 4) is 0 Å². The molecule has 0 bridgehead atoms. The van der Waals surface area contributed by atoms with Gasteiger partial charge in [-0.2, -0.15) is 0 Å². The average Bonchev–Trinajstić information content (AvgIpc) is 2.76. The van der Waals surface area contributed by atoms with Crippen molar-refractivity contribution in [1.29, 1.82) is 0 Å². The van der Waals surface area contributed by atoms with E-state index in [1.54, 1.807) is 12.1 Å². The SMILES string of the molecule is CCCc1ccc(C(=O)CCC(=O)OCC(=O)Nc2ccc([C@H](C)CC)cc2)cc1. The molecule has 5 heteroatoms. The zero-order valence-corrected chi connectivity index (χ0v) is 18.1. The van der Waals surface area contributed by atoms with Gasteiger partial charge >= 0.3 is 5.97 Å². The van der Waals surface area contributed by atoms with E-state index in [9.17, 15) is 14.4 Å². The molecule has 0 radical (unpaired) electrons. The molecule has 2 aromatic rings. The van der Waals surface area contributed by atoms with Gasteiger partial charge < -0.3 is 10.1 Å². The van der Waals surface area contributed by atoms with Crippen molar-refractivity contribution in [3.05, 3.63) is 65.2 Å². The molecule has 0 aliphatic heterocycles. The predicted molar refractivity (Wildman–Crippen MR) is 119 cm³/mol. The molecule has 1 N–H and O–H groups in total. The maximum absolute atomic E-state index is 12.2. The summed E-state index contributed by atoms with van der Waals surface area (Å²) in [4.78, 5) is 36.1. The summed E-state index contributed by atoms with van der Waals surface area (Å²) in [6.07, 6.45) is 3.09. The Hall–Kier alpha value is -2.95. The number of nitrogens with one attached hydrogen (secondary N) is 1. The topological polar surface area (TPSA) is 72.5 Å². The van der Waals surface area contributed by atoms with E-state index in [1.165, 1.54) is 11.1 Å². The van der Waals surface area contributed by atoms with Crippen LogP contribution in [0.3, 0.4) is 0 Å². The number of esters is 1. The maximum atomic E-state index is 12.2. The van der Waals surface area contributed by atoms with E-state index >= 15 is 0 Å². The highest BCUT2D eigenvalue weighted by atomic mass is 16.5. The first-order valence-electron chi connectivity index (χ1n) is 10.6. The molecule has 0 saturated carbocycles. The average molecular weight is 410 g/mol. The fraction of sp³-hybridized carbons (Fsp3) is 0.400. The van der Waals surface area contributed by atoms with Crippen molar-refractivity contribution < 1.29 is 19.1 Å². The third-order valence-electron chi connectivity index (χ3n) is 5.11. The number of ketones is 1. The third kappa shape index (κ3) is 7.47. The molecule has 1 amide bonds. The number of Topliss-reactive ketones (excluding diaryl/α,β-unsaturated/α-hetero) is 1. The highest BCUT2D eigenvalue weighted by molar-refractivity contribution is 5.98. The molecule has 160 valence electrons. The lowest BCUT2D eigenvalue weighted by molar-refractivity contribution is -0.147. The molecular formula is C25H31NO4. The van der Waals surface area contributed by atoms with Crippen LogP contribution in [0.5, 0.6) is 0 Å². The summed E-state index contributed by atoms with van der Waals surface area (Å²) < 4.78 is 4.99. The van der Waals surface area contributed by atoms with E-state index in [0.717, 1.165) is 19.3 Å². The van der Waals surface area contributed by atoms with Crippen LogP contribution in [0.2, 0.25) is 0 Å². The Bertz CT molecular complexity index is 840. The Morgan fingerprint density at radius 2 is 1.60 bits per heavy atom. The zero-order chi connectivity index (χ0) is 21.9. The van der Waals surface area contributed by atoms with Crippen LogP contribution >= 0.6 is 0 Å². The van der Waals surface area contributed by atoms with Crippen LogP contribution in [0.25, 0.3) is 0 Å². The van der Waals surface area contributed by atoms with Gasteiger partial charge in [0, 0.05) is 17.7 Å². The number of rotatable bonds is 11. The summed E-state index contributed by atoms with van der Waals surface area (Å²) in [6, 6.07) is 15.1. The number of carbonyl (C=O) groups excluding carboxylic acids is 3. The van der Waals surface area contributed by atoms with Gasteiger partial charge in [0.15, 0.2) is 12.4 Å². The highest BCUT2D eigenvalue weighted by Crippen LogP contribution is 2.20. The molecule has 0 saturated heterocycles. The maximum Gasteiger partial charge on any atom is 0.306 e. The second-order valence-electron chi connectivity index (χ2n) is 7.51. The van der Waals surface area contributed by atoms with Gasteiger partial charge in [-0.3, -0.25) is 14.4 Å². The first kappa shape index (κ1) is 23.3. The third-order valence-corrected chi connectivity index (χ3v) is 5.11. The fourth-order valence-electron chi connectivity index (χ4n) is 3.05. The molecule has 2 rings (SSSR count). The van der Waals surface area contributed by atoms with Crippen LogP contribution in [-0.2, 0) is 20.7 Å². The summed E-state index contributed by atoms with van der Waals surface area (Å²) in [5, 5.41) is 2.70. The number of hydrogen-bond acceptors (Lipinski definition) is 4. The molecule has 0 unspecified atom stereocenters. The Labute approximate surface area is 178 Å². The normalized spacial score (nSPS) is 11.6. The van der Waals surface area contributed by atoms with Gasteiger partial charge in [0.1, 0.15) is 0 Å². The number of benzene rings is 2. The van der Waals surface area contributed by atoms with Crippen LogP contribution in [0.15, 0.2) is 48.5 Å². The molecule has 0 aromatic heterocycles. The number of carbonyl (C=O) groups is 3. The number of aryl methyl sites for hydroxylation is 1. The monoisotopic (exact) mass is 409 g/mol. The summed E-state index contributed by atoms with van der Waals surface area (Å²) >= 11 is 0. The highest BCUT2D eigenvalue weighted by Gasteiger charge is 2.12. The number of amides is 1. The van der Waals surface area contributed by atoms with Crippen LogP contribution < -0.4 is 5.32 Å². The van der Waals surface area contributed by atoms with Crippen LogP contribution in [0, 0.1) is 0 Å². The van der Waals surface area contributed by atoms with E-state index in [4.69, 9.17) is 4.74 Å². The van der Waals surface area contributed by atoms with E-state index in [2.05, 4.69) is 26.1 Å². The Morgan fingerprint density at radius 1 is 0.933 bits per heavy atom. The van der Waals surface area contributed by atoms with Crippen molar-refractivity contribution in [2.45, 2.75) is 58.8 Å². The van der Waals surface area contributed by atoms with Gasteiger partial charge in [0.2, 0.25) is 0 Å². The van der Waals surface area contributed by atoms with Gasteiger partial charge in [-0.15, -0.1) is 0 Å². The standard InChI is InChI=1S/C25H31NO4/c1-4-6-19-7-9-21(10-8-19)23(27)15-16-25(29)30-17-24(28)26-22-13-11-20(12-14-22)18(3)5-2/h7-14,18H,4-6,15-17H2,1-3H3,(H,26,28)/t18-/m1/s1. The van der Waals surface area contributed by atoms with Gasteiger partial charge in [-0.1, -0.05) is 63.6 Å². The van der Waals surface area contributed by atoms with E-state index in [-0.39, 0.29) is 25.2 Å². The Morgan fingerprint density at radius 3 is 2.20 bits per heavy atom. The first-order chi connectivity index (χ1) is 14.4. The van der Waals surface area contributed by atoms with Crippen LogP contribution in [0.1, 0.15) is 73.9 Å². The van der Waals surface area contributed by atoms with E-state index in [0.29, 0.717) is 17.2 Å². The molecule has 0 aliphatic carbocycles. The van der Waals surface area contributed by atoms with Crippen LogP contribution in [-0.4, -0.2) is 24.3 Å². The quantitative estimate of drug-likeness (QED) is 0.404. The Balaban J connectivity index is 1.72. The van der Waals surface area contributed by atoms with Gasteiger partial charge in [-0.25, -0.2) is 0 Å². The number of anilines is 1. The minimum Gasteiger partial charge on any atom is -0.456 e. The van der Waals surface area contributed by atoms with Crippen molar-refractivity contribution in [2.75, 3.05) is 11.9 Å². The second-order valence-corrected chi connectivity index (χ2v) is 7.51. The molecule has 30 heavy (non-hydrogen) atoms. The first-order valence-corrected chi connectivity index (χ1v) is 10.6. The number of hydrogen-bond donors (Lipinski definition) is 1. The van der Waals surface area contributed by atoms with Crippen molar-refractivity contribution in [2.24, 2.45) is 0 Å². The molecule has 0 heterocycles. The van der Waals surface area contributed by atoms with Crippen molar-refractivity contribution in [1.82, 2.24) is 0 Å². The summed E-state index contributed by atoms with van der Waals surface area (Å²) in [7, 11) is 0. The summed E-state index contributed by atoms with van der Waals surface area (Å²) in [5.41, 5.74) is 3.65. The minimum absolute atomic E-state index is 0.0492. The smallest absolute Gasteiger partial charge is 0.306 e. The van der Waals surface area contributed by atoms with Gasteiger partial charge in [0.25, 0.3) is 5.91 Å². The fourth-order valence-corrected chi connectivity index (χ4v) is 3.05. The van der Waals surface area contributed by atoms with Crippen molar-refractivity contribution >= 4 is 23.3 Å². The van der Waals surface area contributed by atoms with Gasteiger partial charge in [0.05, 0.1) is 6.42 Å². The lowest BCUT2D eigenvalue weighted by atomic mass is 9.99. The largest absolute Gasteiger partial charge is 0.456 e. The predicted octanol–water partition coefficient (Wildman–Crippen LogP) is 5.30. The number of ether oxygens (including phenoxy) is 1. The van der Waals surface area contributed by atoms with E-state index < -0.39 is 11.9 Å². The molecule has 2 aromatic carbocycles. The summed E-state index contributed by atoms with van der Waals surface area (Å²) in [5.74, 6) is -0.612. The molecule has 0 aliphatic rings.